The van der Waals surface area contributed by atoms with Gasteiger partial charge in [0.05, 0.1) is 19.0 Å². The summed E-state index contributed by atoms with van der Waals surface area (Å²) in [6.45, 7) is -0.231. The van der Waals surface area contributed by atoms with E-state index in [2.05, 4.69) is 0 Å². The third-order valence-corrected chi connectivity index (χ3v) is 1.51. The van der Waals surface area contributed by atoms with E-state index in [1.807, 2.05) is 0 Å². The lowest BCUT2D eigenvalue weighted by Crippen LogP contribution is -2.46. The van der Waals surface area contributed by atoms with Crippen molar-refractivity contribution in [3.8, 4) is 0 Å². The third-order valence-electron chi connectivity index (χ3n) is 1.51. The molecule has 3 amide bonds. The number of rotatable bonds is 5. The minimum atomic E-state index is -1.02. The smallest absolute Gasteiger partial charge is 0.240 e. The van der Waals surface area contributed by atoms with E-state index in [4.69, 9.17) is 17.2 Å². The van der Waals surface area contributed by atoms with Crippen LogP contribution in [0.5, 0.6) is 0 Å². The first-order chi connectivity index (χ1) is 6.34. The second-order valence-electron chi connectivity index (χ2n) is 2.94. The highest BCUT2D eigenvalue weighted by molar-refractivity contribution is 5.90. The molecule has 0 aliphatic heterocycles. The van der Waals surface area contributed by atoms with Gasteiger partial charge in [-0.2, -0.15) is 0 Å². The summed E-state index contributed by atoms with van der Waals surface area (Å²) >= 11 is 0. The van der Waals surface area contributed by atoms with Gasteiger partial charge < -0.3 is 22.1 Å². The molecule has 0 aliphatic carbocycles. The number of hydrogen-bond donors (Lipinski definition) is 3. The summed E-state index contributed by atoms with van der Waals surface area (Å²) < 4.78 is 0. The minimum Gasteiger partial charge on any atom is -0.370 e. The van der Waals surface area contributed by atoms with Crippen LogP contribution >= 0.6 is 0 Å². The fraction of sp³-hybridized carbons (Fsp3) is 0.571. The molecule has 0 aromatic carbocycles. The SMILES string of the molecule is CN(CC(N)=O)C(=O)C(N)CC(N)=O. The molecular formula is C7H14N4O3. The van der Waals surface area contributed by atoms with E-state index in [0.29, 0.717) is 0 Å². The van der Waals surface area contributed by atoms with Gasteiger partial charge in [0.1, 0.15) is 0 Å². The summed E-state index contributed by atoms with van der Waals surface area (Å²) in [4.78, 5) is 33.2. The Morgan fingerprint density at radius 2 is 1.71 bits per heavy atom. The lowest BCUT2D eigenvalue weighted by atomic mass is 10.2. The molecule has 0 rings (SSSR count). The van der Waals surface area contributed by atoms with Crippen molar-refractivity contribution >= 4 is 17.7 Å². The van der Waals surface area contributed by atoms with Crippen LogP contribution in [0, 0.1) is 0 Å². The lowest BCUT2D eigenvalue weighted by Gasteiger charge is -2.18. The number of likely N-dealkylation sites (N-methyl/N-ethyl adjacent to an activating group) is 1. The molecule has 14 heavy (non-hydrogen) atoms. The minimum absolute atomic E-state index is 0.231. The summed E-state index contributed by atoms with van der Waals surface area (Å²) in [5.41, 5.74) is 15.1. The molecule has 0 aromatic heterocycles. The Hall–Kier alpha value is -1.63. The van der Waals surface area contributed by atoms with Crippen molar-refractivity contribution in [3.63, 3.8) is 0 Å². The fourth-order valence-corrected chi connectivity index (χ4v) is 0.899. The van der Waals surface area contributed by atoms with Crippen LogP contribution in [0.15, 0.2) is 0 Å². The first-order valence-corrected chi connectivity index (χ1v) is 3.91. The van der Waals surface area contributed by atoms with Crippen LogP contribution in [0.4, 0.5) is 0 Å². The molecule has 0 saturated heterocycles. The Morgan fingerprint density at radius 3 is 2.07 bits per heavy atom. The van der Waals surface area contributed by atoms with Gasteiger partial charge in [-0.3, -0.25) is 14.4 Å². The van der Waals surface area contributed by atoms with E-state index in [1.54, 1.807) is 0 Å². The fourth-order valence-electron chi connectivity index (χ4n) is 0.899. The Kier molecular flexibility index (Phi) is 4.57. The van der Waals surface area contributed by atoms with Crippen molar-refractivity contribution in [2.75, 3.05) is 13.6 Å². The van der Waals surface area contributed by atoms with Crippen LogP contribution in [-0.2, 0) is 14.4 Å². The molecule has 0 radical (unpaired) electrons. The lowest BCUT2D eigenvalue weighted by molar-refractivity contribution is -0.136. The van der Waals surface area contributed by atoms with Crippen LogP contribution in [0.3, 0.4) is 0 Å². The average Bonchev–Trinajstić information content (AvgIpc) is 2.00. The summed E-state index contributed by atoms with van der Waals surface area (Å²) in [6, 6.07) is -1.02. The summed E-state index contributed by atoms with van der Waals surface area (Å²) in [5.74, 6) is -1.85. The van der Waals surface area contributed by atoms with Gasteiger partial charge in [-0.15, -0.1) is 0 Å². The van der Waals surface area contributed by atoms with Crippen LogP contribution in [-0.4, -0.2) is 42.3 Å². The molecule has 7 heteroatoms. The number of carbonyl (C=O) groups excluding carboxylic acids is 3. The Bertz CT molecular complexity index is 229. The highest BCUT2D eigenvalue weighted by Gasteiger charge is 2.20. The molecule has 0 heterocycles. The normalized spacial score (nSPS) is 11.9. The van der Waals surface area contributed by atoms with Crippen molar-refractivity contribution in [1.29, 1.82) is 0 Å². The predicted octanol–water partition coefficient (Wildman–Crippen LogP) is -2.87. The number of amides is 3. The van der Waals surface area contributed by atoms with Crippen molar-refractivity contribution in [3.05, 3.63) is 0 Å². The van der Waals surface area contributed by atoms with E-state index in [1.165, 1.54) is 7.05 Å². The quantitative estimate of drug-likeness (QED) is 0.442. The number of nitrogens with two attached hydrogens (primary N) is 3. The Labute approximate surface area is 81.2 Å². The maximum absolute atomic E-state index is 11.3. The molecule has 0 bridgehead atoms. The molecule has 80 valence electrons. The third kappa shape index (κ3) is 4.41. The Balaban J connectivity index is 4.16. The summed E-state index contributed by atoms with van der Waals surface area (Å²) in [7, 11) is 1.37. The molecule has 0 aliphatic rings. The van der Waals surface area contributed by atoms with E-state index < -0.39 is 23.8 Å². The number of primary amides is 2. The maximum Gasteiger partial charge on any atom is 0.240 e. The van der Waals surface area contributed by atoms with Crippen molar-refractivity contribution in [2.45, 2.75) is 12.5 Å². The summed E-state index contributed by atoms with van der Waals surface area (Å²) in [6.07, 6.45) is -0.248. The second-order valence-corrected chi connectivity index (χ2v) is 2.94. The van der Waals surface area contributed by atoms with Crippen LogP contribution in [0.1, 0.15) is 6.42 Å². The molecule has 1 unspecified atom stereocenters. The van der Waals surface area contributed by atoms with E-state index in [0.717, 1.165) is 4.90 Å². The topological polar surface area (TPSA) is 133 Å². The zero-order chi connectivity index (χ0) is 11.3. The van der Waals surface area contributed by atoms with Crippen LogP contribution < -0.4 is 17.2 Å². The van der Waals surface area contributed by atoms with Crippen LogP contribution in [0.25, 0.3) is 0 Å². The van der Waals surface area contributed by atoms with Gasteiger partial charge in [0.2, 0.25) is 17.7 Å². The van der Waals surface area contributed by atoms with Crippen molar-refractivity contribution < 1.29 is 14.4 Å². The molecule has 0 aromatic rings. The van der Waals surface area contributed by atoms with E-state index in [9.17, 15) is 14.4 Å². The Morgan fingerprint density at radius 1 is 1.21 bits per heavy atom. The first kappa shape index (κ1) is 12.4. The number of nitrogens with zero attached hydrogens (tertiary/aromatic N) is 1. The zero-order valence-electron chi connectivity index (χ0n) is 7.90. The zero-order valence-corrected chi connectivity index (χ0v) is 7.90. The van der Waals surface area contributed by atoms with Crippen molar-refractivity contribution in [1.82, 2.24) is 4.90 Å². The number of hydrogen-bond acceptors (Lipinski definition) is 4. The van der Waals surface area contributed by atoms with Gasteiger partial charge in [-0.25, -0.2) is 0 Å². The molecule has 7 nitrogen and oxygen atoms in total. The monoisotopic (exact) mass is 202 g/mol. The van der Waals surface area contributed by atoms with Crippen LogP contribution in [0.2, 0.25) is 0 Å². The average molecular weight is 202 g/mol. The van der Waals surface area contributed by atoms with E-state index in [-0.39, 0.29) is 13.0 Å². The van der Waals surface area contributed by atoms with Crippen molar-refractivity contribution in [2.24, 2.45) is 17.2 Å². The molecule has 1 atom stereocenters. The molecule has 6 N–H and O–H groups in total. The van der Waals surface area contributed by atoms with Gasteiger partial charge in [0, 0.05) is 7.05 Å². The van der Waals surface area contributed by atoms with Gasteiger partial charge in [0.25, 0.3) is 0 Å². The van der Waals surface area contributed by atoms with Gasteiger partial charge in [-0.1, -0.05) is 0 Å². The molecular weight excluding hydrogens is 188 g/mol. The highest BCUT2D eigenvalue weighted by atomic mass is 16.2. The molecule has 0 fully saturated rings. The van der Waals surface area contributed by atoms with Gasteiger partial charge in [0.15, 0.2) is 0 Å². The summed E-state index contributed by atoms with van der Waals surface area (Å²) in [5, 5.41) is 0. The van der Waals surface area contributed by atoms with E-state index >= 15 is 0 Å². The standard InChI is InChI=1S/C7H14N4O3/c1-11(3-6(10)13)7(14)4(8)2-5(9)12/h4H,2-3,8H2,1H3,(H2,9,12)(H2,10,13). The largest absolute Gasteiger partial charge is 0.370 e. The maximum atomic E-state index is 11.3. The predicted molar refractivity (Wildman–Crippen MR) is 48.6 cm³/mol. The van der Waals surface area contributed by atoms with Gasteiger partial charge >= 0.3 is 0 Å². The number of carbonyl (C=O) groups is 3. The second kappa shape index (κ2) is 5.18. The highest BCUT2D eigenvalue weighted by Crippen LogP contribution is 1.93. The molecule has 0 spiro atoms. The van der Waals surface area contributed by atoms with Gasteiger partial charge in [-0.05, 0) is 0 Å². The molecule has 0 saturated carbocycles. The first-order valence-electron chi connectivity index (χ1n) is 3.91.